The fraction of sp³-hybridized carbons (Fsp3) is 0.304. The summed E-state index contributed by atoms with van der Waals surface area (Å²) in [6.45, 7) is 4.46. The second-order valence-corrected chi connectivity index (χ2v) is 7.72. The van der Waals surface area contributed by atoms with Gasteiger partial charge in [-0.05, 0) is 36.4 Å². The van der Waals surface area contributed by atoms with E-state index in [9.17, 15) is 9.59 Å². The van der Waals surface area contributed by atoms with Gasteiger partial charge in [0.15, 0.2) is 0 Å². The third-order valence-corrected chi connectivity index (χ3v) is 5.96. The number of anilines is 1. The monoisotopic (exact) mass is 420 g/mol. The van der Waals surface area contributed by atoms with E-state index in [1.807, 2.05) is 30.3 Å². The van der Waals surface area contributed by atoms with E-state index in [1.54, 1.807) is 13.2 Å². The molecule has 0 atom stereocenters. The highest BCUT2D eigenvalue weighted by Gasteiger charge is 2.19. The van der Waals surface area contributed by atoms with E-state index in [0.717, 1.165) is 37.3 Å². The molecule has 4 aromatic rings. The number of nitrogens with zero attached hydrogens (tertiary/aromatic N) is 3. The Balaban J connectivity index is 1.28. The fourth-order valence-electron chi connectivity index (χ4n) is 4.18. The van der Waals surface area contributed by atoms with Crippen molar-refractivity contribution in [2.45, 2.75) is 6.54 Å². The van der Waals surface area contributed by atoms with E-state index < -0.39 is 5.69 Å². The van der Waals surface area contributed by atoms with Crippen molar-refractivity contribution in [1.29, 1.82) is 0 Å². The molecule has 160 valence electrons. The zero-order valence-electron chi connectivity index (χ0n) is 17.3. The maximum absolute atomic E-state index is 12.9. The number of H-pyrrole nitrogens is 1. The molecule has 0 radical (unpaired) electrons. The van der Waals surface area contributed by atoms with Gasteiger partial charge in [-0.3, -0.25) is 14.3 Å². The number of hydrogen-bond acceptors (Lipinski definition) is 6. The molecule has 0 bridgehead atoms. The minimum absolute atomic E-state index is 0.199. The van der Waals surface area contributed by atoms with Crippen LogP contribution in [0.1, 0.15) is 0 Å². The highest BCUT2D eigenvalue weighted by molar-refractivity contribution is 6.01. The van der Waals surface area contributed by atoms with E-state index in [1.165, 1.54) is 10.3 Å². The minimum Gasteiger partial charge on any atom is -0.497 e. The van der Waals surface area contributed by atoms with E-state index in [2.05, 4.69) is 26.9 Å². The van der Waals surface area contributed by atoms with Crippen LogP contribution in [-0.2, 0) is 6.54 Å². The lowest BCUT2D eigenvalue weighted by Crippen LogP contribution is -2.48. The molecule has 1 saturated heterocycles. The van der Waals surface area contributed by atoms with Crippen LogP contribution in [0.15, 0.2) is 62.5 Å². The SMILES string of the molecule is COc1ccc(N2CCN(CCn3c(=O)[nH]c4c(oc5ccccc54)c3=O)CC2)cc1. The number of aromatic nitrogens is 2. The Kier molecular flexibility index (Phi) is 4.99. The lowest BCUT2D eigenvalue weighted by atomic mass is 10.2. The predicted octanol–water partition coefficient (Wildman–Crippen LogP) is 2.27. The molecule has 0 saturated carbocycles. The minimum atomic E-state index is -0.402. The Morgan fingerprint density at radius 1 is 0.968 bits per heavy atom. The predicted molar refractivity (Wildman–Crippen MR) is 120 cm³/mol. The molecule has 5 rings (SSSR count). The van der Waals surface area contributed by atoms with Gasteiger partial charge >= 0.3 is 5.69 Å². The van der Waals surface area contributed by atoms with Gasteiger partial charge in [0.25, 0.3) is 5.56 Å². The first kappa shape index (κ1) is 19.4. The maximum Gasteiger partial charge on any atom is 0.329 e. The van der Waals surface area contributed by atoms with Crippen LogP contribution in [0, 0.1) is 0 Å². The number of furan rings is 1. The Labute approximate surface area is 178 Å². The van der Waals surface area contributed by atoms with Crippen LogP contribution in [0.4, 0.5) is 5.69 Å². The molecule has 1 aliphatic heterocycles. The summed E-state index contributed by atoms with van der Waals surface area (Å²) in [6, 6.07) is 15.4. The molecule has 2 aromatic carbocycles. The molecule has 8 heteroatoms. The quantitative estimate of drug-likeness (QED) is 0.533. The normalized spacial score (nSPS) is 15.1. The number of aromatic amines is 1. The molecular formula is C23H24N4O4. The van der Waals surface area contributed by atoms with Gasteiger partial charge in [-0.25, -0.2) is 4.79 Å². The van der Waals surface area contributed by atoms with Crippen molar-refractivity contribution in [3.05, 3.63) is 69.4 Å². The molecule has 31 heavy (non-hydrogen) atoms. The molecule has 3 heterocycles. The van der Waals surface area contributed by atoms with Crippen molar-refractivity contribution in [2.75, 3.05) is 44.7 Å². The second kappa shape index (κ2) is 7.96. The summed E-state index contributed by atoms with van der Waals surface area (Å²) in [5, 5.41) is 0.744. The smallest absolute Gasteiger partial charge is 0.329 e. The average molecular weight is 420 g/mol. The second-order valence-electron chi connectivity index (χ2n) is 7.72. The van der Waals surface area contributed by atoms with E-state index in [4.69, 9.17) is 9.15 Å². The number of rotatable bonds is 5. The first-order chi connectivity index (χ1) is 15.1. The first-order valence-corrected chi connectivity index (χ1v) is 10.4. The maximum atomic E-state index is 12.9. The fourth-order valence-corrected chi connectivity index (χ4v) is 4.18. The summed E-state index contributed by atoms with van der Waals surface area (Å²) in [4.78, 5) is 32.9. The van der Waals surface area contributed by atoms with Gasteiger partial charge in [0, 0.05) is 50.3 Å². The van der Waals surface area contributed by atoms with Gasteiger partial charge in [-0.2, -0.15) is 0 Å². The van der Waals surface area contributed by atoms with E-state index in [0.29, 0.717) is 24.2 Å². The number of piperazine rings is 1. The van der Waals surface area contributed by atoms with Gasteiger partial charge in [-0.15, -0.1) is 0 Å². The summed E-state index contributed by atoms with van der Waals surface area (Å²) in [5.74, 6) is 0.847. The Hall–Kier alpha value is -3.52. The van der Waals surface area contributed by atoms with Crippen LogP contribution in [0.2, 0.25) is 0 Å². The van der Waals surface area contributed by atoms with Crippen molar-refractivity contribution in [1.82, 2.24) is 14.5 Å². The zero-order chi connectivity index (χ0) is 21.4. The number of nitrogens with one attached hydrogen (secondary N) is 1. The molecule has 1 N–H and O–H groups in total. The third kappa shape index (κ3) is 3.59. The van der Waals surface area contributed by atoms with Crippen LogP contribution >= 0.6 is 0 Å². The number of hydrogen-bond donors (Lipinski definition) is 1. The van der Waals surface area contributed by atoms with Crippen molar-refractivity contribution in [3.63, 3.8) is 0 Å². The molecule has 2 aromatic heterocycles. The van der Waals surface area contributed by atoms with E-state index in [-0.39, 0.29) is 11.1 Å². The Morgan fingerprint density at radius 3 is 2.45 bits per heavy atom. The van der Waals surface area contributed by atoms with Crippen LogP contribution in [-0.4, -0.2) is 54.3 Å². The van der Waals surface area contributed by atoms with Crippen LogP contribution in [0.5, 0.6) is 5.75 Å². The van der Waals surface area contributed by atoms with Gasteiger partial charge in [-0.1, -0.05) is 12.1 Å². The third-order valence-electron chi connectivity index (χ3n) is 5.96. The number of fused-ring (bicyclic) bond motifs is 3. The van der Waals surface area contributed by atoms with Gasteiger partial charge in [0.1, 0.15) is 16.8 Å². The zero-order valence-corrected chi connectivity index (χ0v) is 17.3. The number of methoxy groups -OCH3 is 1. The van der Waals surface area contributed by atoms with Gasteiger partial charge in [0.05, 0.1) is 7.11 Å². The van der Waals surface area contributed by atoms with E-state index >= 15 is 0 Å². The molecule has 1 aliphatic rings. The topological polar surface area (TPSA) is 83.7 Å². The molecule has 0 aliphatic carbocycles. The highest BCUT2D eigenvalue weighted by Crippen LogP contribution is 2.23. The van der Waals surface area contributed by atoms with Crippen LogP contribution in [0.3, 0.4) is 0 Å². The van der Waals surface area contributed by atoms with Crippen molar-refractivity contribution >= 4 is 27.8 Å². The van der Waals surface area contributed by atoms with Gasteiger partial charge in [0.2, 0.25) is 5.58 Å². The molecule has 0 unspecified atom stereocenters. The van der Waals surface area contributed by atoms with Crippen molar-refractivity contribution in [2.24, 2.45) is 0 Å². The summed E-state index contributed by atoms with van der Waals surface area (Å²) in [7, 11) is 1.66. The van der Waals surface area contributed by atoms with Crippen molar-refractivity contribution in [3.8, 4) is 5.75 Å². The highest BCUT2D eigenvalue weighted by atomic mass is 16.5. The standard InChI is InChI=1S/C23H24N4O4/c1-30-17-8-6-16(7-9-17)26-13-10-25(11-14-26)12-15-27-22(28)21-20(24-23(27)29)18-4-2-3-5-19(18)31-21/h2-9H,10-15H2,1H3,(H,24,29). The molecule has 0 spiro atoms. The summed E-state index contributed by atoms with van der Waals surface area (Å²) >= 11 is 0. The number of para-hydroxylation sites is 1. The Bertz CT molecular complexity index is 1330. The molecule has 0 amide bonds. The summed E-state index contributed by atoms with van der Waals surface area (Å²) in [6.07, 6.45) is 0. The lowest BCUT2D eigenvalue weighted by Gasteiger charge is -2.36. The Morgan fingerprint density at radius 2 is 1.71 bits per heavy atom. The average Bonchev–Trinajstić information content (AvgIpc) is 3.18. The lowest BCUT2D eigenvalue weighted by molar-refractivity contribution is 0.246. The summed E-state index contributed by atoms with van der Waals surface area (Å²) < 4.78 is 12.2. The largest absolute Gasteiger partial charge is 0.497 e. The van der Waals surface area contributed by atoms with Gasteiger partial charge < -0.3 is 19.0 Å². The molecular weight excluding hydrogens is 396 g/mol. The number of benzene rings is 2. The first-order valence-electron chi connectivity index (χ1n) is 10.4. The summed E-state index contributed by atoms with van der Waals surface area (Å²) in [5.41, 5.74) is 1.65. The molecule has 1 fully saturated rings. The van der Waals surface area contributed by atoms with Crippen molar-refractivity contribution < 1.29 is 9.15 Å². The van der Waals surface area contributed by atoms with Crippen LogP contribution in [0.25, 0.3) is 22.1 Å². The van der Waals surface area contributed by atoms with Crippen LogP contribution < -0.4 is 20.9 Å². The number of ether oxygens (including phenoxy) is 1. The molecule has 8 nitrogen and oxygen atoms in total.